The number of aryl methyl sites for hydroxylation is 1. The highest BCUT2D eigenvalue weighted by atomic mass is 16.4. The topological polar surface area (TPSA) is 57.5 Å². The van der Waals surface area contributed by atoms with Crippen molar-refractivity contribution in [2.45, 2.75) is 38.7 Å². The van der Waals surface area contributed by atoms with Crippen molar-refractivity contribution >= 4 is 5.97 Å². The highest BCUT2D eigenvalue weighted by Crippen LogP contribution is 2.21. The van der Waals surface area contributed by atoms with Gasteiger partial charge in [-0.2, -0.15) is 0 Å². The number of carboxylic acids is 1. The highest BCUT2D eigenvalue weighted by molar-refractivity contribution is 5.78. The summed E-state index contributed by atoms with van der Waals surface area (Å²) in [5, 5.41) is 18.6. The molecule has 0 saturated heterocycles. The highest BCUT2D eigenvalue weighted by Gasteiger charge is 2.31. The Bertz CT molecular complexity index is 352. The molecule has 3 heteroatoms. The van der Waals surface area contributed by atoms with Crippen LogP contribution in [0, 0.1) is 0 Å². The zero-order chi connectivity index (χ0) is 12.2. The minimum atomic E-state index is -1.80. The summed E-state index contributed by atoms with van der Waals surface area (Å²) in [5.74, 6) is -1.23. The first kappa shape index (κ1) is 12.7. The molecule has 3 nitrogen and oxygen atoms in total. The van der Waals surface area contributed by atoms with Gasteiger partial charge in [-0.05, 0) is 30.9 Å². The molecule has 1 atom stereocenters. The minimum Gasteiger partial charge on any atom is -0.479 e. The van der Waals surface area contributed by atoms with E-state index < -0.39 is 11.6 Å². The summed E-state index contributed by atoms with van der Waals surface area (Å²) in [5.41, 5.74) is -0.212. The molecular weight excluding hydrogens is 204 g/mol. The maximum Gasteiger partial charge on any atom is 0.340 e. The van der Waals surface area contributed by atoms with E-state index in [-0.39, 0.29) is 0 Å². The van der Waals surface area contributed by atoms with Crippen LogP contribution in [0.2, 0.25) is 0 Å². The Morgan fingerprint density at radius 2 is 1.88 bits per heavy atom. The van der Waals surface area contributed by atoms with E-state index in [2.05, 4.69) is 6.92 Å². The van der Waals surface area contributed by atoms with Crippen LogP contribution in [-0.2, 0) is 16.8 Å². The van der Waals surface area contributed by atoms with Crippen molar-refractivity contribution in [1.29, 1.82) is 0 Å². The van der Waals surface area contributed by atoms with Crippen LogP contribution in [0.4, 0.5) is 0 Å². The minimum absolute atomic E-state index is 0.417. The first-order chi connectivity index (χ1) is 7.48. The molecule has 0 amide bonds. The second kappa shape index (κ2) is 5.12. The summed E-state index contributed by atoms with van der Waals surface area (Å²) >= 11 is 0. The molecule has 2 N–H and O–H groups in total. The van der Waals surface area contributed by atoms with Crippen molar-refractivity contribution in [2.75, 3.05) is 0 Å². The normalized spacial score (nSPS) is 14.4. The zero-order valence-electron chi connectivity index (χ0n) is 9.73. The lowest BCUT2D eigenvalue weighted by molar-refractivity contribution is -0.157. The van der Waals surface area contributed by atoms with Gasteiger partial charge in [0.25, 0.3) is 0 Å². The second-order valence-electron chi connectivity index (χ2n) is 4.18. The summed E-state index contributed by atoms with van der Waals surface area (Å²) in [6.45, 7) is 3.42. The average Bonchev–Trinajstić information content (AvgIpc) is 2.26. The molecule has 0 aliphatic rings. The van der Waals surface area contributed by atoms with Gasteiger partial charge in [-0.25, -0.2) is 4.79 Å². The van der Waals surface area contributed by atoms with Crippen LogP contribution < -0.4 is 0 Å². The van der Waals surface area contributed by atoms with Crippen LogP contribution in [0.25, 0.3) is 0 Å². The molecule has 1 aromatic carbocycles. The number of benzene rings is 1. The van der Waals surface area contributed by atoms with E-state index in [1.165, 1.54) is 12.5 Å². The van der Waals surface area contributed by atoms with Gasteiger partial charge in [0, 0.05) is 0 Å². The monoisotopic (exact) mass is 222 g/mol. The molecule has 0 aliphatic carbocycles. The lowest BCUT2D eigenvalue weighted by atomic mass is 9.94. The summed E-state index contributed by atoms with van der Waals surface area (Å²) in [6, 6.07) is 7.11. The third-order valence-corrected chi connectivity index (χ3v) is 2.75. The summed E-state index contributed by atoms with van der Waals surface area (Å²) < 4.78 is 0. The first-order valence-corrected chi connectivity index (χ1v) is 5.53. The molecule has 16 heavy (non-hydrogen) atoms. The first-order valence-electron chi connectivity index (χ1n) is 5.53. The van der Waals surface area contributed by atoms with Crippen molar-refractivity contribution in [3.8, 4) is 0 Å². The summed E-state index contributed by atoms with van der Waals surface area (Å²) in [7, 11) is 0. The van der Waals surface area contributed by atoms with E-state index in [4.69, 9.17) is 5.11 Å². The van der Waals surface area contributed by atoms with E-state index in [0.29, 0.717) is 5.56 Å². The lowest BCUT2D eigenvalue weighted by Gasteiger charge is -2.18. The molecule has 0 spiro atoms. The quantitative estimate of drug-likeness (QED) is 0.803. The van der Waals surface area contributed by atoms with Gasteiger partial charge in [0.1, 0.15) is 0 Å². The van der Waals surface area contributed by atoms with Gasteiger partial charge in [-0.15, -0.1) is 0 Å². The fraction of sp³-hybridized carbons (Fsp3) is 0.462. The average molecular weight is 222 g/mol. The fourth-order valence-corrected chi connectivity index (χ4v) is 1.50. The van der Waals surface area contributed by atoms with E-state index in [0.717, 1.165) is 19.3 Å². The van der Waals surface area contributed by atoms with E-state index >= 15 is 0 Å². The Morgan fingerprint density at radius 1 is 1.31 bits per heavy atom. The molecule has 88 valence electrons. The van der Waals surface area contributed by atoms with Crippen LogP contribution in [0.15, 0.2) is 24.3 Å². The Hall–Kier alpha value is -1.35. The van der Waals surface area contributed by atoms with Crippen molar-refractivity contribution in [3.05, 3.63) is 35.4 Å². The van der Waals surface area contributed by atoms with Crippen LogP contribution in [0.3, 0.4) is 0 Å². The van der Waals surface area contributed by atoms with Crippen LogP contribution in [-0.4, -0.2) is 16.2 Å². The van der Waals surface area contributed by atoms with Crippen LogP contribution in [0.5, 0.6) is 0 Å². The Balaban J connectivity index is 2.82. The van der Waals surface area contributed by atoms with Gasteiger partial charge in [-0.1, -0.05) is 37.6 Å². The summed E-state index contributed by atoms with van der Waals surface area (Å²) in [6.07, 6.45) is 3.25. The standard InChI is InChI=1S/C13H18O3/c1-3-4-5-10-6-8-11(9-7-10)13(2,16)12(14)15/h6-9,16H,3-5H2,1-2H3,(H,14,15). The fourth-order valence-electron chi connectivity index (χ4n) is 1.50. The van der Waals surface area contributed by atoms with Crippen LogP contribution in [0.1, 0.15) is 37.8 Å². The Labute approximate surface area is 95.7 Å². The number of hydrogen-bond acceptors (Lipinski definition) is 2. The number of unbranched alkanes of at least 4 members (excludes halogenated alkanes) is 1. The van der Waals surface area contributed by atoms with E-state index in [9.17, 15) is 9.90 Å². The second-order valence-corrected chi connectivity index (χ2v) is 4.18. The Kier molecular flexibility index (Phi) is 4.07. The number of aliphatic hydroxyl groups is 1. The largest absolute Gasteiger partial charge is 0.479 e. The molecule has 0 fully saturated rings. The van der Waals surface area contributed by atoms with Crippen molar-refractivity contribution < 1.29 is 15.0 Å². The third kappa shape index (κ3) is 2.83. The van der Waals surface area contributed by atoms with Crippen molar-refractivity contribution in [3.63, 3.8) is 0 Å². The van der Waals surface area contributed by atoms with Gasteiger partial charge in [0.05, 0.1) is 0 Å². The van der Waals surface area contributed by atoms with Crippen molar-refractivity contribution in [2.24, 2.45) is 0 Å². The molecule has 1 rings (SSSR count). The van der Waals surface area contributed by atoms with Crippen molar-refractivity contribution in [1.82, 2.24) is 0 Å². The zero-order valence-corrected chi connectivity index (χ0v) is 9.73. The lowest BCUT2D eigenvalue weighted by Crippen LogP contribution is -2.31. The van der Waals surface area contributed by atoms with Gasteiger partial charge >= 0.3 is 5.97 Å². The van der Waals surface area contributed by atoms with E-state index in [1.807, 2.05) is 12.1 Å². The molecular formula is C13H18O3. The number of carbonyl (C=O) groups is 1. The van der Waals surface area contributed by atoms with Gasteiger partial charge in [0.2, 0.25) is 0 Å². The van der Waals surface area contributed by atoms with Gasteiger partial charge < -0.3 is 10.2 Å². The molecule has 0 radical (unpaired) electrons. The number of carboxylic acid groups (broad SMARTS) is 1. The molecule has 0 bridgehead atoms. The predicted molar refractivity (Wildman–Crippen MR) is 62.3 cm³/mol. The predicted octanol–water partition coefficient (Wildman–Crippen LogP) is 2.32. The molecule has 0 aliphatic heterocycles. The molecule has 1 aromatic rings. The number of rotatable bonds is 5. The van der Waals surface area contributed by atoms with Gasteiger partial charge in [-0.3, -0.25) is 0 Å². The van der Waals surface area contributed by atoms with Crippen LogP contribution >= 0.6 is 0 Å². The SMILES string of the molecule is CCCCc1ccc(C(C)(O)C(=O)O)cc1. The third-order valence-electron chi connectivity index (χ3n) is 2.75. The maximum absolute atomic E-state index is 10.8. The molecule has 1 unspecified atom stereocenters. The van der Waals surface area contributed by atoms with E-state index in [1.54, 1.807) is 12.1 Å². The Morgan fingerprint density at radius 3 is 2.31 bits per heavy atom. The smallest absolute Gasteiger partial charge is 0.340 e. The molecule has 0 saturated carbocycles. The van der Waals surface area contributed by atoms with Gasteiger partial charge in [0.15, 0.2) is 5.60 Å². The number of aliphatic carboxylic acids is 1. The number of hydrogen-bond donors (Lipinski definition) is 2. The maximum atomic E-state index is 10.8. The summed E-state index contributed by atoms with van der Waals surface area (Å²) in [4.78, 5) is 10.8. The molecule has 0 heterocycles. The molecule has 0 aromatic heterocycles.